The van der Waals surface area contributed by atoms with Gasteiger partial charge in [-0.3, -0.25) is 19.8 Å². The number of nitro benzene ring substituents is 1. The van der Waals surface area contributed by atoms with E-state index in [1.807, 2.05) is 18.2 Å². The summed E-state index contributed by atoms with van der Waals surface area (Å²) >= 11 is 0. The molecule has 0 spiro atoms. The van der Waals surface area contributed by atoms with Gasteiger partial charge in [-0.25, -0.2) is 0 Å². The van der Waals surface area contributed by atoms with Gasteiger partial charge in [0.05, 0.1) is 4.92 Å². The molecular weight excluding hydrogens is 344 g/mol. The first-order valence-corrected chi connectivity index (χ1v) is 9.05. The number of nitrogens with one attached hydrogen (secondary N) is 1. The molecule has 0 bridgehead atoms. The quantitative estimate of drug-likeness (QED) is 0.603. The number of hydrogen-bond donors (Lipinski definition) is 2. The first kappa shape index (κ1) is 18.8. The Hall–Kier alpha value is -2.93. The molecule has 2 aromatic carbocycles. The van der Waals surface area contributed by atoms with E-state index in [4.69, 9.17) is 5.73 Å². The third-order valence-corrected chi connectivity index (χ3v) is 5.10. The molecule has 3 N–H and O–H groups in total. The fraction of sp³-hybridized carbons (Fsp3) is 0.350. The zero-order valence-electron chi connectivity index (χ0n) is 15.3. The van der Waals surface area contributed by atoms with Gasteiger partial charge in [-0.15, -0.1) is 0 Å². The Bertz CT molecular complexity index is 825. The predicted octanol–water partition coefficient (Wildman–Crippen LogP) is 3.02. The minimum atomic E-state index is -0.798. The number of amides is 1. The number of piperidine rings is 1. The first-order valence-electron chi connectivity index (χ1n) is 9.05. The minimum Gasteiger partial charge on any atom is -0.381 e. The van der Waals surface area contributed by atoms with Crippen molar-refractivity contribution >= 4 is 17.3 Å². The second-order valence-electron chi connectivity index (χ2n) is 7.09. The van der Waals surface area contributed by atoms with Gasteiger partial charge >= 0.3 is 0 Å². The number of primary amides is 1. The van der Waals surface area contributed by atoms with Gasteiger partial charge in [0.2, 0.25) is 0 Å². The van der Waals surface area contributed by atoms with Crippen LogP contribution in [0.4, 0.5) is 11.4 Å². The molecule has 0 saturated carbocycles. The number of hydrogen-bond acceptors (Lipinski definition) is 5. The number of nitrogens with zero attached hydrogens (tertiary/aromatic N) is 2. The van der Waals surface area contributed by atoms with Crippen LogP contribution >= 0.6 is 0 Å². The smallest absolute Gasteiger partial charge is 0.282 e. The lowest BCUT2D eigenvalue weighted by Crippen LogP contribution is -2.46. The Morgan fingerprint density at radius 2 is 2.04 bits per heavy atom. The highest BCUT2D eigenvalue weighted by Gasteiger charge is 2.27. The highest BCUT2D eigenvalue weighted by Crippen LogP contribution is 2.26. The Labute approximate surface area is 158 Å². The van der Waals surface area contributed by atoms with E-state index in [1.54, 1.807) is 6.07 Å². The molecule has 2 unspecified atom stereocenters. The van der Waals surface area contributed by atoms with E-state index >= 15 is 0 Å². The molecule has 0 radical (unpaired) electrons. The molecular formula is C20H24N4O3. The predicted molar refractivity (Wildman–Crippen MR) is 105 cm³/mol. The minimum absolute atomic E-state index is 0.0744. The maximum Gasteiger partial charge on any atom is 0.282 e. The van der Waals surface area contributed by atoms with Gasteiger partial charge < -0.3 is 11.1 Å². The van der Waals surface area contributed by atoms with Crippen LogP contribution in [0, 0.1) is 16.0 Å². The van der Waals surface area contributed by atoms with E-state index in [1.165, 1.54) is 17.7 Å². The number of likely N-dealkylation sites (tertiary alicyclic amines) is 1. The van der Waals surface area contributed by atoms with Crippen LogP contribution in [0.1, 0.15) is 29.3 Å². The fourth-order valence-electron chi connectivity index (χ4n) is 3.51. The van der Waals surface area contributed by atoms with Crippen LogP contribution in [-0.2, 0) is 6.54 Å². The molecule has 27 heavy (non-hydrogen) atoms. The zero-order valence-corrected chi connectivity index (χ0v) is 15.3. The van der Waals surface area contributed by atoms with Crippen molar-refractivity contribution in [2.24, 2.45) is 11.7 Å². The van der Waals surface area contributed by atoms with Gasteiger partial charge in [-0.2, -0.15) is 0 Å². The first-order chi connectivity index (χ1) is 12.9. The second-order valence-corrected chi connectivity index (χ2v) is 7.09. The van der Waals surface area contributed by atoms with Crippen LogP contribution in [0.5, 0.6) is 0 Å². The van der Waals surface area contributed by atoms with Crippen molar-refractivity contribution in [1.29, 1.82) is 0 Å². The lowest BCUT2D eigenvalue weighted by Gasteiger charge is -2.38. The summed E-state index contributed by atoms with van der Waals surface area (Å²) in [5.74, 6) is -0.350. The monoisotopic (exact) mass is 368 g/mol. The van der Waals surface area contributed by atoms with Crippen molar-refractivity contribution in [2.75, 3.05) is 18.4 Å². The largest absolute Gasteiger partial charge is 0.381 e. The Balaban J connectivity index is 1.72. The molecule has 1 heterocycles. The van der Waals surface area contributed by atoms with Gasteiger partial charge in [-0.05, 0) is 36.6 Å². The summed E-state index contributed by atoms with van der Waals surface area (Å²) in [6, 6.07) is 15.0. The van der Waals surface area contributed by atoms with Crippen molar-refractivity contribution < 1.29 is 9.72 Å². The molecule has 7 heteroatoms. The number of nitro groups is 1. The van der Waals surface area contributed by atoms with Crippen molar-refractivity contribution in [3.63, 3.8) is 0 Å². The van der Waals surface area contributed by atoms with Gasteiger partial charge in [0.25, 0.3) is 11.6 Å². The molecule has 2 atom stereocenters. The van der Waals surface area contributed by atoms with Crippen molar-refractivity contribution in [1.82, 2.24) is 4.90 Å². The molecule has 0 aliphatic carbocycles. The molecule has 0 aromatic heterocycles. The Kier molecular flexibility index (Phi) is 5.71. The van der Waals surface area contributed by atoms with E-state index in [9.17, 15) is 14.9 Å². The number of nitrogens with two attached hydrogens (primary N) is 1. The third kappa shape index (κ3) is 4.62. The highest BCUT2D eigenvalue weighted by molar-refractivity contribution is 5.97. The number of anilines is 1. The van der Waals surface area contributed by atoms with E-state index in [0.717, 1.165) is 26.1 Å². The second kappa shape index (κ2) is 8.18. The van der Waals surface area contributed by atoms with Crippen molar-refractivity contribution in [2.45, 2.75) is 25.9 Å². The lowest BCUT2D eigenvalue weighted by atomic mass is 9.92. The van der Waals surface area contributed by atoms with Crippen LogP contribution in [0.2, 0.25) is 0 Å². The summed E-state index contributed by atoms with van der Waals surface area (Å²) in [6.45, 7) is 4.97. The SMILES string of the molecule is CC1CCN(Cc2ccccc2)CC1Nc1ccc([N+](=O)[O-])c(C(N)=O)c1. The fourth-order valence-corrected chi connectivity index (χ4v) is 3.51. The van der Waals surface area contributed by atoms with Crippen molar-refractivity contribution in [3.05, 3.63) is 69.8 Å². The number of carbonyl (C=O) groups excluding carboxylic acids is 1. The van der Waals surface area contributed by atoms with Crippen LogP contribution < -0.4 is 11.1 Å². The molecule has 1 fully saturated rings. The molecule has 2 aromatic rings. The van der Waals surface area contributed by atoms with Crippen LogP contribution in [0.25, 0.3) is 0 Å². The third-order valence-electron chi connectivity index (χ3n) is 5.10. The summed E-state index contributed by atoms with van der Waals surface area (Å²) < 4.78 is 0. The number of rotatable bonds is 6. The Morgan fingerprint density at radius 3 is 2.70 bits per heavy atom. The van der Waals surface area contributed by atoms with Crippen LogP contribution in [0.15, 0.2) is 48.5 Å². The van der Waals surface area contributed by atoms with Crippen LogP contribution in [-0.4, -0.2) is 34.9 Å². The van der Waals surface area contributed by atoms with Crippen LogP contribution in [0.3, 0.4) is 0 Å². The van der Waals surface area contributed by atoms with E-state index in [0.29, 0.717) is 11.6 Å². The average molecular weight is 368 g/mol. The molecule has 1 aliphatic heterocycles. The molecule has 1 aliphatic rings. The van der Waals surface area contributed by atoms with Crippen molar-refractivity contribution in [3.8, 4) is 0 Å². The molecule has 142 valence electrons. The topological polar surface area (TPSA) is 102 Å². The highest BCUT2D eigenvalue weighted by atomic mass is 16.6. The summed E-state index contributed by atoms with van der Waals surface area (Å²) in [5.41, 5.74) is 6.92. The van der Waals surface area contributed by atoms with Gasteiger partial charge in [0.1, 0.15) is 5.56 Å². The summed E-state index contributed by atoms with van der Waals surface area (Å²) in [4.78, 5) is 24.4. The maximum absolute atomic E-state index is 11.6. The van der Waals surface area contributed by atoms with E-state index < -0.39 is 10.8 Å². The summed E-state index contributed by atoms with van der Waals surface area (Å²) in [6.07, 6.45) is 1.06. The lowest BCUT2D eigenvalue weighted by molar-refractivity contribution is -0.385. The van der Waals surface area contributed by atoms with Gasteiger partial charge in [0, 0.05) is 30.9 Å². The van der Waals surface area contributed by atoms with Gasteiger partial charge in [-0.1, -0.05) is 37.3 Å². The Morgan fingerprint density at radius 1 is 1.30 bits per heavy atom. The van der Waals surface area contributed by atoms with Gasteiger partial charge in [0.15, 0.2) is 0 Å². The molecule has 1 saturated heterocycles. The van der Waals surface area contributed by atoms with E-state index in [2.05, 4.69) is 29.3 Å². The molecule has 7 nitrogen and oxygen atoms in total. The number of benzene rings is 2. The standard InChI is InChI=1S/C20H24N4O3/c1-14-9-10-23(12-15-5-3-2-4-6-15)13-18(14)22-16-7-8-19(24(26)27)17(11-16)20(21)25/h2-8,11,14,18,22H,9-10,12-13H2,1H3,(H2,21,25). The summed E-state index contributed by atoms with van der Waals surface area (Å²) in [7, 11) is 0. The molecule has 3 rings (SSSR count). The zero-order chi connectivity index (χ0) is 19.4. The van der Waals surface area contributed by atoms with E-state index in [-0.39, 0.29) is 17.3 Å². The number of carbonyl (C=O) groups is 1. The maximum atomic E-state index is 11.6. The average Bonchev–Trinajstić information content (AvgIpc) is 2.65. The normalized spacial score (nSPS) is 20.2. The summed E-state index contributed by atoms with van der Waals surface area (Å²) in [5, 5.41) is 14.5. The molecule has 1 amide bonds.